The minimum absolute atomic E-state index is 0.0147. The number of benzene rings is 1. The van der Waals surface area contributed by atoms with Crippen LogP contribution in [0.3, 0.4) is 0 Å². The van der Waals surface area contributed by atoms with Crippen molar-refractivity contribution in [2.24, 2.45) is 0 Å². The zero-order valence-corrected chi connectivity index (χ0v) is 13.2. The number of hydrogen-bond acceptors (Lipinski definition) is 5. The van der Waals surface area contributed by atoms with Crippen molar-refractivity contribution < 1.29 is 23.0 Å². The normalized spacial score (nSPS) is 10.6. The molecule has 2 aromatic rings. The van der Waals surface area contributed by atoms with E-state index in [2.05, 4.69) is 4.98 Å². The molecule has 0 fully saturated rings. The summed E-state index contributed by atoms with van der Waals surface area (Å²) in [6.45, 7) is 2.10. The first-order valence-electron chi connectivity index (χ1n) is 6.83. The molecule has 0 saturated heterocycles. The summed E-state index contributed by atoms with van der Waals surface area (Å²) in [5.41, 5.74) is 0.996. The standard InChI is InChI=1S/C16H15F2NO3S/c1-11-5-2-3-7-13(11)21-9-10-22-15(20)12-6-4-8-19-14(12)23-16(17)18/h2-8,16H,9-10H2,1H3. The molecule has 2 rings (SSSR count). The fourth-order valence-corrected chi connectivity index (χ4v) is 2.38. The molecular weight excluding hydrogens is 324 g/mol. The summed E-state index contributed by atoms with van der Waals surface area (Å²) >= 11 is 0.215. The van der Waals surface area contributed by atoms with Gasteiger partial charge in [-0.25, -0.2) is 9.78 Å². The zero-order valence-electron chi connectivity index (χ0n) is 12.4. The van der Waals surface area contributed by atoms with Crippen LogP contribution in [0, 0.1) is 6.92 Å². The van der Waals surface area contributed by atoms with Crippen LogP contribution < -0.4 is 4.74 Å². The molecule has 0 saturated carbocycles. The van der Waals surface area contributed by atoms with E-state index in [-0.39, 0.29) is 35.6 Å². The number of para-hydroxylation sites is 1. The van der Waals surface area contributed by atoms with E-state index in [4.69, 9.17) is 9.47 Å². The quantitative estimate of drug-likeness (QED) is 0.434. The van der Waals surface area contributed by atoms with Crippen molar-refractivity contribution in [3.8, 4) is 5.75 Å². The van der Waals surface area contributed by atoms with Crippen LogP contribution in [-0.4, -0.2) is 29.9 Å². The second kappa shape index (κ2) is 8.47. The topological polar surface area (TPSA) is 48.4 Å². The minimum Gasteiger partial charge on any atom is -0.490 e. The lowest BCUT2D eigenvalue weighted by Crippen LogP contribution is -2.14. The highest BCUT2D eigenvalue weighted by Crippen LogP contribution is 2.26. The number of ether oxygens (including phenoxy) is 2. The molecular formula is C16H15F2NO3S. The Bertz CT molecular complexity index is 667. The third-order valence-corrected chi connectivity index (χ3v) is 3.59. The smallest absolute Gasteiger partial charge is 0.341 e. The van der Waals surface area contributed by atoms with E-state index in [0.717, 1.165) is 5.56 Å². The Balaban J connectivity index is 1.87. The predicted molar refractivity (Wildman–Crippen MR) is 83.1 cm³/mol. The van der Waals surface area contributed by atoms with Gasteiger partial charge in [0.2, 0.25) is 0 Å². The molecule has 0 atom stereocenters. The number of alkyl halides is 2. The Hall–Kier alpha value is -2.15. The van der Waals surface area contributed by atoms with Gasteiger partial charge in [0.25, 0.3) is 5.76 Å². The summed E-state index contributed by atoms with van der Waals surface area (Å²) in [5.74, 6) is -2.64. The van der Waals surface area contributed by atoms with E-state index in [0.29, 0.717) is 5.75 Å². The predicted octanol–water partition coefficient (Wildman–Crippen LogP) is 3.94. The summed E-state index contributed by atoms with van der Waals surface area (Å²) in [5, 5.41) is -0.0488. The van der Waals surface area contributed by atoms with Crippen molar-refractivity contribution in [1.82, 2.24) is 4.98 Å². The first-order chi connectivity index (χ1) is 11.1. The van der Waals surface area contributed by atoms with Crippen LogP contribution in [0.5, 0.6) is 5.75 Å². The fourth-order valence-electron chi connectivity index (χ4n) is 1.81. The van der Waals surface area contributed by atoms with Gasteiger partial charge in [0.1, 0.15) is 24.0 Å². The molecule has 7 heteroatoms. The summed E-state index contributed by atoms with van der Waals surface area (Å²) < 4.78 is 35.4. The van der Waals surface area contributed by atoms with Crippen LogP contribution in [-0.2, 0) is 4.74 Å². The lowest BCUT2D eigenvalue weighted by Gasteiger charge is -2.10. The van der Waals surface area contributed by atoms with E-state index < -0.39 is 11.7 Å². The maximum absolute atomic E-state index is 12.4. The molecule has 0 amide bonds. The van der Waals surface area contributed by atoms with E-state index in [1.807, 2.05) is 31.2 Å². The van der Waals surface area contributed by atoms with E-state index in [1.165, 1.54) is 18.3 Å². The van der Waals surface area contributed by atoms with Gasteiger partial charge in [0.05, 0.1) is 5.56 Å². The minimum atomic E-state index is -2.65. The molecule has 0 aliphatic heterocycles. The largest absolute Gasteiger partial charge is 0.490 e. The lowest BCUT2D eigenvalue weighted by molar-refractivity contribution is 0.0445. The lowest BCUT2D eigenvalue weighted by atomic mass is 10.2. The highest BCUT2D eigenvalue weighted by atomic mass is 32.2. The Kier molecular flexibility index (Phi) is 6.34. The number of hydrogen-bond donors (Lipinski definition) is 0. The van der Waals surface area contributed by atoms with Crippen LogP contribution in [0.25, 0.3) is 0 Å². The Morgan fingerprint density at radius 2 is 2.00 bits per heavy atom. The van der Waals surface area contributed by atoms with Gasteiger partial charge >= 0.3 is 5.97 Å². The third kappa shape index (κ3) is 5.21. The number of carbonyl (C=O) groups excluding carboxylic acids is 1. The summed E-state index contributed by atoms with van der Waals surface area (Å²) in [7, 11) is 0. The number of rotatable bonds is 7. The highest BCUT2D eigenvalue weighted by molar-refractivity contribution is 7.99. The van der Waals surface area contributed by atoms with E-state index >= 15 is 0 Å². The van der Waals surface area contributed by atoms with Gasteiger partial charge in [-0.15, -0.1) is 0 Å². The second-order valence-electron chi connectivity index (χ2n) is 4.48. The molecule has 4 nitrogen and oxygen atoms in total. The molecule has 0 unspecified atom stereocenters. The number of nitrogens with zero attached hydrogens (tertiary/aromatic N) is 1. The average molecular weight is 339 g/mol. The van der Waals surface area contributed by atoms with Crippen molar-refractivity contribution in [2.75, 3.05) is 13.2 Å². The monoisotopic (exact) mass is 339 g/mol. The van der Waals surface area contributed by atoms with Gasteiger partial charge in [-0.05, 0) is 42.4 Å². The number of halogens is 2. The van der Waals surface area contributed by atoms with E-state index in [1.54, 1.807) is 0 Å². The number of pyridine rings is 1. The molecule has 23 heavy (non-hydrogen) atoms. The van der Waals surface area contributed by atoms with Gasteiger partial charge in [-0.3, -0.25) is 0 Å². The molecule has 1 heterocycles. The average Bonchev–Trinajstić information content (AvgIpc) is 2.53. The first kappa shape index (κ1) is 17.2. The molecule has 1 aromatic carbocycles. The van der Waals surface area contributed by atoms with Crippen LogP contribution in [0.1, 0.15) is 15.9 Å². The zero-order chi connectivity index (χ0) is 16.7. The summed E-state index contributed by atoms with van der Waals surface area (Å²) in [4.78, 5) is 15.7. The molecule has 0 N–H and O–H groups in total. The van der Waals surface area contributed by atoms with Crippen molar-refractivity contribution in [3.63, 3.8) is 0 Å². The maximum Gasteiger partial charge on any atom is 0.341 e. The molecule has 0 aliphatic carbocycles. The maximum atomic E-state index is 12.4. The highest BCUT2D eigenvalue weighted by Gasteiger charge is 2.17. The number of thioether (sulfide) groups is 1. The van der Waals surface area contributed by atoms with Crippen molar-refractivity contribution in [2.45, 2.75) is 17.7 Å². The van der Waals surface area contributed by atoms with Crippen LogP contribution in [0.4, 0.5) is 8.78 Å². The third-order valence-electron chi connectivity index (χ3n) is 2.86. The molecule has 0 aliphatic rings. The number of carbonyl (C=O) groups is 1. The van der Waals surface area contributed by atoms with Crippen molar-refractivity contribution in [1.29, 1.82) is 0 Å². The van der Waals surface area contributed by atoms with Crippen molar-refractivity contribution in [3.05, 3.63) is 53.7 Å². The van der Waals surface area contributed by atoms with Crippen LogP contribution in [0.2, 0.25) is 0 Å². The van der Waals surface area contributed by atoms with Gasteiger partial charge in [-0.2, -0.15) is 8.78 Å². The van der Waals surface area contributed by atoms with E-state index in [9.17, 15) is 13.6 Å². The fraction of sp³-hybridized carbons (Fsp3) is 0.250. The molecule has 0 bridgehead atoms. The summed E-state index contributed by atoms with van der Waals surface area (Å²) in [6, 6.07) is 10.4. The van der Waals surface area contributed by atoms with Crippen LogP contribution in [0.15, 0.2) is 47.6 Å². The second-order valence-corrected chi connectivity index (χ2v) is 5.46. The Labute approximate surface area is 136 Å². The number of aromatic nitrogens is 1. The molecule has 0 spiro atoms. The first-order valence-corrected chi connectivity index (χ1v) is 7.71. The number of esters is 1. The SMILES string of the molecule is Cc1ccccc1OCCOC(=O)c1cccnc1SC(F)F. The Morgan fingerprint density at radius 3 is 2.74 bits per heavy atom. The molecule has 122 valence electrons. The number of aryl methyl sites for hydroxylation is 1. The van der Waals surface area contributed by atoms with Crippen LogP contribution >= 0.6 is 11.8 Å². The van der Waals surface area contributed by atoms with Gasteiger partial charge in [0, 0.05) is 6.20 Å². The Morgan fingerprint density at radius 1 is 1.22 bits per heavy atom. The molecule has 1 aromatic heterocycles. The summed E-state index contributed by atoms with van der Waals surface area (Å²) in [6.07, 6.45) is 1.35. The molecule has 0 radical (unpaired) electrons. The van der Waals surface area contributed by atoms with Gasteiger partial charge in [-0.1, -0.05) is 18.2 Å². The van der Waals surface area contributed by atoms with Crippen molar-refractivity contribution >= 4 is 17.7 Å². The van der Waals surface area contributed by atoms with Gasteiger partial charge < -0.3 is 9.47 Å². The van der Waals surface area contributed by atoms with Gasteiger partial charge in [0.15, 0.2) is 0 Å².